The lowest BCUT2D eigenvalue weighted by Crippen LogP contribution is -2.13. The van der Waals surface area contributed by atoms with E-state index in [1.54, 1.807) is 51.3 Å². The summed E-state index contributed by atoms with van der Waals surface area (Å²) in [7, 11) is -2.00. The molecule has 3 rings (SSSR count). The van der Waals surface area contributed by atoms with Gasteiger partial charge in [0.05, 0.1) is 12.9 Å². The first kappa shape index (κ1) is 27.6. The maximum absolute atomic E-state index is 12.5. The molecule has 1 heterocycles. The zero-order chi connectivity index (χ0) is 26.8. The van der Waals surface area contributed by atoms with Crippen LogP contribution in [0.1, 0.15) is 19.4 Å². The normalized spacial score (nSPS) is 11.6. The van der Waals surface area contributed by atoms with Gasteiger partial charge in [-0.05, 0) is 41.8 Å². The Morgan fingerprint density at radius 2 is 1.76 bits per heavy atom. The van der Waals surface area contributed by atoms with E-state index in [9.17, 15) is 18.5 Å². The SMILES string of the molecule is COc1cccc(OCCOc2ccc(C=C(C#N)C(=O)Nc3nnc(S(=O)(=O)CC(C)C)s3)cc2)c1. The monoisotopic (exact) mass is 542 g/mol. The highest BCUT2D eigenvalue weighted by molar-refractivity contribution is 7.93. The summed E-state index contributed by atoms with van der Waals surface area (Å²) in [5.74, 6) is 1.10. The third kappa shape index (κ3) is 8.30. The predicted octanol–water partition coefficient (Wildman–Crippen LogP) is 3.98. The van der Waals surface area contributed by atoms with Crippen LogP contribution in [0.15, 0.2) is 58.4 Å². The largest absolute Gasteiger partial charge is 0.497 e. The number of amides is 1. The molecule has 3 aromatic rings. The summed E-state index contributed by atoms with van der Waals surface area (Å²) in [4.78, 5) is 12.5. The van der Waals surface area contributed by atoms with Crippen molar-refractivity contribution in [3.05, 3.63) is 59.7 Å². The highest BCUT2D eigenvalue weighted by atomic mass is 32.2. The van der Waals surface area contributed by atoms with Crippen LogP contribution in [0, 0.1) is 17.2 Å². The highest BCUT2D eigenvalue weighted by Crippen LogP contribution is 2.23. The first-order chi connectivity index (χ1) is 17.7. The maximum atomic E-state index is 12.5. The van der Waals surface area contributed by atoms with Crippen LogP contribution in [0.3, 0.4) is 0 Å². The number of carbonyl (C=O) groups excluding carboxylic acids is 1. The van der Waals surface area contributed by atoms with Crippen molar-refractivity contribution >= 4 is 38.3 Å². The number of benzene rings is 2. The second kappa shape index (κ2) is 12.8. The Bertz CT molecular complexity index is 1390. The van der Waals surface area contributed by atoms with Gasteiger partial charge in [-0.1, -0.05) is 43.4 Å². The summed E-state index contributed by atoms with van der Waals surface area (Å²) < 4.78 is 40.8. The van der Waals surface area contributed by atoms with E-state index in [4.69, 9.17) is 14.2 Å². The molecule has 10 nitrogen and oxygen atoms in total. The van der Waals surface area contributed by atoms with Crippen molar-refractivity contribution in [1.82, 2.24) is 10.2 Å². The molecule has 0 atom stereocenters. The number of nitrogens with zero attached hydrogens (tertiary/aromatic N) is 3. The van der Waals surface area contributed by atoms with Gasteiger partial charge in [0.1, 0.15) is 42.1 Å². The fourth-order valence-electron chi connectivity index (χ4n) is 3.05. The molecule has 0 radical (unpaired) electrons. The number of rotatable bonds is 12. The van der Waals surface area contributed by atoms with Gasteiger partial charge in [0.15, 0.2) is 0 Å². The van der Waals surface area contributed by atoms with Crippen molar-refractivity contribution in [3.8, 4) is 23.3 Å². The molecule has 0 bridgehead atoms. The predicted molar refractivity (Wildman–Crippen MR) is 139 cm³/mol. The number of sulfone groups is 1. The molecule has 1 N–H and O–H groups in total. The number of anilines is 1. The summed E-state index contributed by atoms with van der Waals surface area (Å²) in [6.45, 7) is 4.21. The van der Waals surface area contributed by atoms with Gasteiger partial charge in [0, 0.05) is 6.07 Å². The standard InChI is InChI=1S/C25H26N4O6S2/c1-17(2)16-37(31,32)25-29-28-24(36-25)27-23(30)19(15-26)13-18-7-9-20(10-8-18)34-11-12-35-22-6-4-5-21(14-22)33-3/h4-10,13-14,17H,11-12,16H2,1-3H3,(H,27,28,30). The molecule has 0 aliphatic carbocycles. The van der Waals surface area contributed by atoms with E-state index in [1.807, 2.05) is 24.3 Å². The average molecular weight is 543 g/mol. The van der Waals surface area contributed by atoms with E-state index >= 15 is 0 Å². The molecule has 0 saturated carbocycles. The van der Waals surface area contributed by atoms with Gasteiger partial charge in [0.2, 0.25) is 19.3 Å². The molecule has 0 spiro atoms. The van der Waals surface area contributed by atoms with Crippen LogP contribution in [0.25, 0.3) is 6.08 Å². The van der Waals surface area contributed by atoms with Crippen molar-refractivity contribution < 1.29 is 27.4 Å². The van der Waals surface area contributed by atoms with Crippen molar-refractivity contribution in [3.63, 3.8) is 0 Å². The quantitative estimate of drug-likeness (QED) is 0.156. The van der Waals surface area contributed by atoms with E-state index in [0.29, 0.717) is 36.0 Å². The van der Waals surface area contributed by atoms with Crippen LogP contribution >= 0.6 is 11.3 Å². The highest BCUT2D eigenvalue weighted by Gasteiger charge is 2.22. The first-order valence-electron chi connectivity index (χ1n) is 11.2. The molecule has 1 amide bonds. The third-order valence-electron chi connectivity index (χ3n) is 4.66. The number of hydrogen-bond acceptors (Lipinski definition) is 10. The number of methoxy groups -OCH3 is 1. The van der Waals surface area contributed by atoms with Gasteiger partial charge in [0.25, 0.3) is 5.91 Å². The molecule has 194 valence electrons. The lowest BCUT2D eigenvalue weighted by atomic mass is 10.1. The van der Waals surface area contributed by atoms with Crippen molar-refractivity contribution in [2.45, 2.75) is 18.2 Å². The third-order valence-corrected chi connectivity index (χ3v) is 8.03. The molecule has 0 aliphatic rings. The molecular weight excluding hydrogens is 516 g/mol. The lowest BCUT2D eigenvalue weighted by Gasteiger charge is -2.09. The molecular formula is C25H26N4O6S2. The Labute approximate surface area is 219 Å². The van der Waals surface area contributed by atoms with Gasteiger partial charge in [-0.3, -0.25) is 10.1 Å². The summed E-state index contributed by atoms with van der Waals surface area (Å²) in [6, 6.07) is 15.9. The Morgan fingerprint density at radius 3 is 2.41 bits per heavy atom. The molecule has 0 aliphatic heterocycles. The molecule has 0 unspecified atom stereocenters. The fourth-order valence-corrected chi connectivity index (χ4v) is 5.65. The Balaban J connectivity index is 1.54. The van der Waals surface area contributed by atoms with Gasteiger partial charge in [-0.15, -0.1) is 10.2 Å². The van der Waals surface area contributed by atoms with E-state index in [0.717, 1.165) is 11.3 Å². The minimum absolute atomic E-state index is 0.00612. The van der Waals surface area contributed by atoms with Crippen molar-refractivity contribution in [2.75, 3.05) is 31.4 Å². The second-order valence-corrected chi connectivity index (χ2v) is 11.3. The van der Waals surface area contributed by atoms with Crippen molar-refractivity contribution in [1.29, 1.82) is 5.26 Å². The second-order valence-electron chi connectivity index (χ2n) is 8.12. The Kier molecular flexibility index (Phi) is 9.59. The van der Waals surface area contributed by atoms with Gasteiger partial charge >= 0.3 is 0 Å². The Hall–Kier alpha value is -3.95. The Morgan fingerprint density at radius 1 is 1.08 bits per heavy atom. The first-order valence-corrected chi connectivity index (χ1v) is 13.7. The van der Waals surface area contributed by atoms with Crippen LogP contribution < -0.4 is 19.5 Å². The van der Waals surface area contributed by atoms with Crippen LogP contribution in [-0.2, 0) is 14.6 Å². The summed E-state index contributed by atoms with van der Waals surface area (Å²) in [5.41, 5.74) is 0.422. The van der Waals surface area contributed by atoms with E-state index in [1.165, 1.54) is 6.08 Å². The smallest absolute Gasteiger partial charge is 0.268 e. The summed E-state index contributed by atoms with van der Waals surface area (Å²) >= 11 is 0.744. The maximum Gasteiger partial charge on any atom is 0.268 e. The average Bonchev–Trinajstić information content (AvgIpc) is 3.35. The molecule has 0 saturated heterocycles. The molecule has 12 heteroatoms. The number of aromatic nitrogens is 2. The minimum atomic E-state index is -3.59. The van der Waals surface area contributed by atoms with Crippen molar-refractivity contribution in [2.24, 2.45) is 5.92 Å². The zero-order valence-electron chi connectivity index (χ0n) is 20.5. The van der Waals surface area contributed by atoms with Crippen LogP contribution in [0.4, 0.5) is 5.13 Å². The topological polar surface area (TPSA) is 140 Å². The molecule has 0 fully saturated rings. The van der Waals surface area contributed by atoms with Crippen LogP contribution in [0.2, 0.25) is 0 Å². The van der Waals surface area contributed by atoms with Crippen LogP contribution in [-0.4, -0.2) is 50.6 Å². The van der Waals surface area contributed by atoms with Crippen LogP contribution in [0.5, 0.6) is 17.2 Å². The van der Waals surface area contributed by atoms with Gasteiger partial charge < -0.3 is 14.2 Å². The summed E-state index contributed by atoms with van der Waals surface area (Å²) in [5, 5.41) is 19.2. The number of carbonyl (C=O) groups is 1. The number of nitriles is 1. The van der Waals surface area contributed by atoms with E-state index in [2.05, 4.69) is 15.5 Å². The minimum Gasteiger partial charge on any atom is -0.497 e. The number of nitrogens with one attached hydrogen (secondary N) is 1. The fraction of sp³-hybridized carbons (Fsp3) is 0.280. The lowest BCUT2D eigenvalue weighted by molar-refractivity contribution is -0.112. The summed E-state index contributed by atoms with van der Waals surface area (Å²) in [6.07, 6.45) is 1.41. The zero-order valence-corrected chi connectivity index (χ0v) is 22.1. The van der Waals surface area contributed by atoms with Gasteiger partial charge in [-0.2, -0.15) is 5.26 Å². The molecule has 37 heavy (non-hydrogen) atoms. The van der Waals surface area contributed by atoms with E-state index < -0.39 is 15.7 Å². The van der Waals surface area contributed by atoms with Gasteiger partial charge in [-0.25, -0.2) is 8.42 Å². The van der Waals surface area contributed by atoms with E-state index in [-0.39, 0.29) is 26.7 Å². The molecule has 1 aromatic heterocycles. The number of hydrogen-bond donors (Lipinski definition) is 1. The number of ether oxygens (including phenoxy) is 3. The molecule has 2 aromatic carbocycles.